The lowest BCUT2D eigenvalue weighted by Gasteiger charge is -2.29. The summed E-state index contributed by atoms with van der Waals surface area (Å²) >= 11 is 0. The van der Waals surface area contributed by atoms with E-state index in [-0.39, 0.29) is 11.6 Å². The first kappa shape index (κ1) is 17.3. The number of rotatable bonds is 2. The van der Waals surface area contributed by atoms with Gasteiger partial charge in [0, 0.05) is 14.1 Å². The van der Waals surface area contributed by atoms with Gasteiger partial charge < -0.3 is 0 Å². The van der Waals surface area contributed by atoms with Crippen molar-refractivity contribution in [3.05, 3.63) is 56.2 Å². The van der Waals surface area contributed by atoms with E-state index in [1.54, 1.807) is 12.1 Å². The first-order valence-corrected chi connectivity index (χ1v) is 8.85. The molecular formula is C19H22N6O2. The van der Waals surface area contributed by atoms with Crippen molar-refractivity contribution in [2.75, 3.05) is 5.01 Å². The number of hydrogen-bond donors (Lipinski definition) is 0. The molecule has 0 amide bonds. The molecule has 1 aliphatic heterocycles. The van der Waals surface area contributed by atoms with Crippen LogP contribution in [0.25, 0.3) is 11.2 Å². The van der Waals surface area contributed by atoms with Gasteiger partial charge in [-0.25, -0.2) is 9.80 Å². The van der Waals surface area contributed by atoms with Crippen molar-refractivity contribution in [2.24, 2.45) is 19.2 Å². The second-order valence-corrected chi connectivity index (χ2v) is 7.12. The van der Waals surface area contributed by atoms with Gasteiger partial charge in [0.1, 0.15) is 0 Å². The van der Waals surface area contributed by atoms with Gasteiger partial charge in [-0.05, 0) is 26.3 Å². The van der Waals surface area contributed by atoms with Gasteiger partial charge in [0.15, 0.2) is 11.2 Å². The Labute approximate surface area is 156 Å². The Morgan fingerprint density at radius 1 is 1.04 bits per heavy atom. The molecule has 27 heavy (non-hydrogen) atoms. The maximum absolute atomic E-state index is 12.8. The van der Waals surface area contributed by atoms with Crippen LogP contribution < -0.4 is 16.3 Å². The summed E-state index contributed by atoms with van der Waals surface area (Å²) in [5.41, 5.74) is 3.23. The number of anilines is 1. The molecule has 8 heteroatoms. The van der Waals surface area contributed by atoms with E-state index in [2.05, 4.69) is 29.2 Å². The highest BCUT2D eigenvalue weighted by Gasteiger charge is 2.30. The molecule has 0 bridgehead atoms. The second kappa shape index (κ2) is 5.94. The van der Waals surface area contributed by atoms with E-state index in [0.29, 0.717) is 23.7 Å². The van der Waals surface area contributed by atoms with Crippen LogP contribution in [0, 0.1) is 6.92 Å². The van der Waals surface area contributed by atoms with Gasteiger partial charge in [0.25, 0.3) is 5.56 Å². The van der Waals surface area contributed by atoms with Crippen LogP contribution in [-0.4, -0.2) is 24.4 Å². The molecule has 8 nitrogen and oxygen atoms in total. The minimum absolute atomic E-state index is 0.121. The second-order valence-electron chi connectivity index (χ2n) is 7.12. The van der Waals surface area contributed by atoms with Crippen LogP contribution in [0.2, 0.25) is 0 Å². The van der Waals surface area contributed by atoms with E-state index in [9.17, 15) is 9.59 Å². The molecule has 0 unspecified atom stereocenters. The smallest absolute Gasteiger partial charge is 0.294 e. The molecule has 0 N–H and O–H groups in total. The Morgan fingerprint density at radius 2 is 1.70 bits per heavy atom. The van der Waals surface area contributed by atoms with E-state index in [4.69, 9.17) is 5.10 Å². The zero-order chi connectivity index (χ0) is 19.5. The van der Waals surface area contributed by atoms with Crippen LogP contribution >= 0.6 is 0 Å². The monoisotopic (exact) mass is 366 g/mol. The third kappa shape index (κ3) is 2.51. The van der Waals surface area contributed by atoms with Gasteiger partial charge in [0.05, 0.1) is 18.3 Å². The normalized spacial score (nSPS) is 16.6. The molecule has 1 aromatic carbocycles. The molecule has 2 aromatic heterocycles. The van der Waals surface area contributed by atoms with Crippen molar-refractivity contribution in [3.8, 4) is 0 Å². The van der Waals surface area contributed by atoms with Gasteiger partial charge >= 0.3 is 5.69 Å². The zero-order valence-electron chi connectivity index (χ0n) is 16.1. The number of aryl methyl sites for hydroxylation is 2. The summed E-state index contributed by atoms with van der Waals surface area (Å²) in [7, 11) is 3.12. The predicted molar refractivity (Wildman–Crippen MR) is 105 cm³/mol. The standard InChI is InChI=1S/C19H22N6O2/c1-11-6-8-14(9-7-11)10-24-18-20-16-15(25(18)13(3)12(2)21-24)17(26)23(5)19(27)22(16)4/h6-9,13H,10H2,1-5H3/t13-/m1/s1. The lowest BCUT2D eigenvalue weighted by Crippen LogP contribution is -2.38. The van der Waals surface area contributed by atoms with Gasteiger partial charge in [-0.1, -0.05) is 29.8 Å². The van der Waals surface area contributed by atoms with Crippen LogP contribution in [-0.2, 0) is 20.6 Å². The van der Waals surface area contributed by atoms with Gasteiger partial charge in [-0.15, -0.1) is 0 Å². The van der Waals surface area contributed by atoms with E-state index < -0.39 is 5.69 Å². The first-order chi connectivity index (χ1) is 12.8. The topological polar surface area (TPSA) is 77.4 Å². The van der Waals surface area contributed by atoms with Gasteiger partial charge in [-0.3, -0.25) is 18.5 Å². The Balaban J connectivity index is 1.95. The molecule has 3 heterocycles. The Kier molecular flexibility index (Phi) is 3.80. The average molecular weight is 366 g/mol. The molecule has 1 atom stereocenters. The molecule has 0 fully saturated rings. The van der Waals surface area contributed by atoms with E-state index in [1.807, 2.05) is 25.3 Å². The SMILES string of the molecule is CC1=NN(Cc2ccc(C)cc2)c2nc3c(c(=O)n(C)c(=O)n3C)n2[C@@H]1C. The summed E-state index contributed by atoms with van der Waals surface area (Å²) in [5, 5.41) is 6.49. The van der Waals surface area contributed by atoms with Gasteiger partial charge in [0.2, 0.25) is 5.95 Å². The highest BCUT2D eigenvalue weighted by molar-refractivity contribution is 5.91. The number of fused-ring (bicyclic) bond motifs is 3. The van der Waals surface area contributed by atoms with E-state index >= 15 is 0 Å². The maximum atomic E-state index is 12.8. The molecule has 4 rings (SSSR count). The molecule has 0 saturated carbocycles. The Hall–Kier alpha value is -3.16. The van der Waals surface area contributed by atoms with Crippen LogP contribution in [0.5, 0.6) is 0 Å². The van der Waals surface area contributed by atoms with Crippen LogP contribution in [0.15, 0.2) is 39.0 Å². The van der Waals surface area contributed by atoms with Crippen molar-refractivity contribution in [2.45, 2.75) is 33.4 Å². The maximum Gasteiger partial charge on any atom is 0.332 e. The summed E-state index contributed by atoms with van der Waals surface area (Å²) in [6.07, 6.45) is 0. The molecular weight excluding hydrogens is 344 g/mol. The average Bonchev–Trinajstić information content (AvgIpc) is 3.05. The van der Waals surface area contributed by atoms with Crippen molar-refractivity contribution < 1.29 is 0 Å². The number of aromatic nitrogens is 4. The number of imidazole rings is 1. The molecule has 0 saturated heterocycles. The predicted octanol–water partition coefficient (Wildman–Crippen LogP) is 1.70. The zero-order valence-corrected chi connectivity index (χ0v) is 16.1. The minimum Gasteiger partial charge on any atom is -0.294 e. The van der Waals surface area contributed by atoms with Gasteiger partial charge in [-0.2, -0.15) is 10.1 Å². The third-order valence-electron chi connectivity index (χ3n) is 5.23. The highest BCUT2D eigenvalue weighted by atomic mass is 16.2. The van der Waals surface area contributed by atoms with Crippen LogP contribution in [0.4, 0.5) is 5.95 Å². The fraction of sp³-hybridized carbons (Fsp3) is 0.368. The molecule has 0 spiro atoms. The summed E-state index contributed by atoms with van der Waals surface area (Å²) in [4.78, 5) is 29.7. The lowest BCUT2D eigenvalue weighted by molar-refractivity contribution is 0.634. The molecule has 140 valence electrons. The molecule has 1 aliphatic rings. The summed E-state index contributed by atoms with van der Waals surface area (Å²) < 4.78 is 4.41. The quantitative estimate of drug-likeness (QED) is 0.692. The van der Waals surface area contributed by atoms with E-state index in [0.717, 1.165) is 15.8 Å². The molecule has 0 aliphatic carbocycles. The number of hydrogen-bond acceptors (Lipinski definition) is 5. The van der Waals surface area contributed by atoms with Crippen LogP contribution in [0.1, 0.15) is 31.0 Å². The first-order valence-electron chi connectivity index (χ1n) is 8.85. The third-order valence-corrected chi connectivity index (χ3v) is 5.23. The summed E-state index contributed by atoms with van der Waals surface area (Å²) in [5.74, 6) is 0.571. The van der Waals surface area contributed by atoms with Crippen molar-refractivity contribution >= 4 is 22.8 Å². The number of nitrogens with zero attached hydrogens (tertiary/aromatic N) is 6. The fourth-order valence-electron chi connectivity index (χ4n) is 3.43. The largest absolute Gasteiger partial charge is 0.332 e. The Bertz CT molecular complexity index is 1200. The van der Waals surface area contributed by atoms with E-state index in [1.165, 1.54) is 17.2 Å². The van der Waals surface area contributed by atoms with Crippen molar-refractivity contribution in [3.63, 3.8) is 0 Å². The van der Waals surface area contributed by atoms with Crippen molar-refractivity contribution in [1.82, 2.24) is 18.7 Å². The Morgan fingerprint density at radius 3 is 2.37 bits per heavy atom. The lowest BCUT2D eigenvalue weighted by atomic mass is 10.1. The summed E-state index contributed by atoms with van der Waals surface area (Å²) in [6.45, 7) is 6.50. The molecule has 0 radical (unpaired) electrons. The minimum atomic E-state index is -0.390. The van der Waals surface area contributed by atoms with Crippen molar-refractivity contribution in [1.29, 1.82) is 0 Å². The molecule has 3 aromatic rings. The highest BCUT2D eigenvalue weighted by Crippen LogP contribution is 2.30. The fourth-order valence-corrected chi connectivity index (χ4v) is 3.43. The number of benzene rings is 1. The summed E-state index contributed by atoms with van der Waals surface area (Å²) in [6, 6.07) is 8.10. The van der Waals surface area contributed by atoms with Crippen LogP contribution in [0.3, 0.4) is 0 Å². The number of hydrazone groups is 1.